The molecule has 0 spiro atoms. The molecule has 124 valence electrons. The Hall–Kier alpha value is -0.160. The lowest BCUT2D eigenvalue weighted by atomic mass is 9.96. The standard InChI is InChI=1S/C17H36N4/c1-14(2)19-17-12-20(13-17)10-7-18-11-16-5-8-21(9-6-16)15(3)4/h14-19H,5-13H2,1-4H3. The number of hydrogen-bond donors (Lipinski definition) is 2. The Morgan fingerprint density at radius 1 is 1.05 bits per heavy atom. The average Bonchev–Trinajstić information content (AvgIpc) is 2.40. The molecule has 2 aliphatic rings. The zero-order chi connectivity index (χ0) is 15.2. The first-order valence-corrected chi connectivity index (χ1v) is 8.97. The number of nitrogens with one attached hydrogen (secondary N) is 2. The molecule has 2 fully saturated rings. The van der Waals surface area contributed by atoms with E-state index in [1.165, 1.54) is 52.1 Å². The normalized spacial score (nSPS) is 23.1. The molecule has 0 bridgehead atoms. The minimum atomic E-state index is 0.618. The molecule has 0 aliphatic carbocycles. The highest BCUT2D eigenvalue weighted by atomic mass is 15.3. The lowest BCUT2D eigenvalue weighted by Crippen LogP contribution is -2.60. The molecule has 4 heteroatoms. The fourth-order valence-electron chi connectivity index (χ4n) is 3.55. The summed E-state index contributed by atoms with van der Waals surface area (Å²) in [6, 6.07) is 2.06. The third-order valence-electron chi connectivity index (χ3n) is 4.94. The Morgan fingerprint density at radius 2 is 1.71 bits per heavy atom. The summed E-state index contributed by atoms with van der Waals surface area (Å²) < 4.78 is 0. The predicted molar refractivity (Wildman–Crippen MR) is 90.8 cm³/mol. The van der Waals surface area contributed by atoms with Gasteiger partial charge >= 0.3 is 0 Å². The Kier molecular flexibility index (Phi) is 6.93. The van der Waals surface area contributed by atoms with Gasteiger partial charge in [-0.05, 0) is 52.2 Å². The smallest absolute Gasteiger partial charge is 0.0324 e. The van der Waals surface area contributed by atoms with Gasteiger partial charge in [0.05, 0.1) is 0 Å². The van der Waals surface area contributed by atoms with Crippen molar-refractivity contribution < 1.29 is 0 Å². The van der Waals surface area contributed by atoms with Crippen LogP contribution in [0.3, 0.4) is 0 Å². The van der Waals surface area contributed by atoms with Crippen LogP contribution in [0.2, 0.25) is 0 Å². The van der Waals surface area contributed by atoms with E-state index in [4.69, 9.17) is 0 Å². The van der Waals surface area contributed by atoms with Gasteiger partial charge in [0.25, 0.3) is 0 Å². The van der Waals surface area contributed by atoms with Crippen LogP contribution in [-0.4, -0.2) is 73.7 Å². The molecule has 0 radical (unpaired) electrons. The van der Waals surface area contributed by atoms with Gasteiger partial charge < -0.3 is 15.5 Å². The van der Waals surface area contributed by atoms with Crippen molar-refractivity contribution in [3.05, 3.63) is 0 Å². The summed E-state index contributed by atoms with van der Waals surface area (Å²) in [5.74, 6) is 0.895. The zero-order valence-corrected chi connectivity index (χ0v) is 14.6. The fourth-order valence-corrected chi connectivity index (χ4v) is 3.55. The first-order valence-electron chi connectivity index (χ1n) is 8.97. The fraction of sp³-hybridized carbons (Fsp3) is 1.00. The molecule has 4 nitrogen and oxygen atoms in total. The zero-order valence-electron chi connectivity index (χ0n) is 14.6. The van der Waals surface area contributed by atoms with Crippen LogP contribution in [0.5, 0.6) is 0 Å². The first-order chi connectivity index (χ1) is 10.0. The summed E-state index contributed by atoms with van der Waals surface area (Å²) in [7, 11) is 0. The highest BCUT2D eigenvalue weighted by Crippen LogP contribution is 2.18. The van der Waals surface area contributed by atoms with Crippen molar-refractivity contribution >= 4 is 0 Å². The van der Waals surface area contributed by atoms with E-state index in [2.05, 4.69) is 48.1 Å². The summed E-state index contributed by atoms with van der Waals surface area (Å²) in [5, 5.41) is 7.27. The van der Waals surface area contributed by atoms with Crippen molar-refractivity contribution in [1.82, 2.24) is 20.4 Å². The topological polar surface area (TPSA) is 30.5 Å². The van der Waals surface area contributed by atoms with E-state index in [1.54, 1.807) is 0 Å². The molecule has 0 aromatic heterocycles. The van der Waals surface area contributed by atoms with E-state index in [0.717, 1.165) is 24.5 Å². The molecule has 0 atom stereocenters. The SMILES string of the molecule is CC(C)NC1CN(CCNCC2CCN(C(C)C)CC2)C1. The second kappa shape index (κ2) is 8.47. The third-order valence-corrected chi connectivity index (χ3v) is 4.94. The molecule has 2 rings (SSSR count). The number of rotatable bonds is 8. The number of likely N-dealkylation sites (tertiary alicyclic amines) is 2. The summed E-state index contributed by atoms with van der Waals surface area (Å²) in [4.78, 5) is 5.16. The van der Waals surface area contributed by atoms with Gasteiger partial charge in [-0.25, -0.2) is 0 Å². The first kappa shape index (κ1) is 17.2. The maximum Gasteiger partial charge on any atom is 0.0324 e. The molecular weight excluding hydrogens is 260 g/mol. The van der Waals surface area contributed by atoms with Crippen LogP contribution in [0.4, 0.5) is 0 Å². The van der Waals surface area contributed by atoms with Crippen molar-refractivity contribution in [3.63, 3.8) is 0 Å². The molecular formula is C17H36N4. The average molecular weight is 297 g/mol. The van der Waals surface area contributed by atoms with Crippen LogP contribution >= 0.6 is 0 Å². The predicted octanol–water partition coefficient (Wildman–Crippen LogP) is 1.38. The van der Waals surface area contributed by atoms with Gasteiger partial charge in [0.2, 0.25) is 0 Å². The maximum atomic E-state index is 3.67. The van der Waals surface area contributed by atoms with Crippen molar-refractivity contribution in [1.29, 1.82) is 0 Å². The summed E-state index contributed by atoms with van der Waals surface area (Å²) in [5.41, 5.74) is 0. The van der Waals surface area contributed by atoms with Crippen molar-refractivity contribution in [3.8, 4) is 0 Å². The van der Waals surface area contributed by atoms with Gasteiger partial charge in [-0.1, -0.05) is 13.8 Å². The molecule has 2 saturated heterocycles. The van der Waals surface area contributed by atoms with Crippen molar-refractivity contribution in [2.45, 2.75) is 58.7 Å². The molecule has 2 heterocycles. The van der Waals surface area contributed by atoms with Gasteiger partial charge in [0.1, 0.15) is 0 Å². The Bertz CT molecular complexity index is 279. The second-order valence-corrected chi connectivity index (χ2v) is 7.56. The van der Waals surface area contributed by atoms with Crippen LogP contribution in [0, 0.1) is 5.92 Å². The van der Waals surface area contributed by atoms with Crippen LogP contribution in [-0.2, 0) is 0 Å². The van der Waals surface area contributed by atoms with Crippen LogP contribution < -0.4 is 10.6 Å². The van der Waals surface area contributed by atoms with Crippen molar-refractivity contribution in [2.24, 2.45) is 5.92 Å². The molecule has 0 unspecified atom stereocenters. The summed E-state index contributed by atoms with van der Waals surface area (Å²) in [6.07, 6.45) is 2.74. The van der Waals surface area contributed by atoms with E-state index in [9.17, 15) is 0 Å². The summed E-state index contributed by atoms with van der Waals surface area (Å²) >= 11 is 0. The highest BCUT2D eigenvalue weighted by Gasteiger charge is 2.26. The van der Waals surface area contributed by atoms with Crippen LogP contribution in [0.15, 0.2) is 0 Å². The van der Waals surface area contributed by atoms with Crippen LogP contribution in [0.1, 0.15) is 40.5 Å². The number of hydrogen-bond acceptors (Lipinski definition) is 4. The van der Waals surface area contributed by atoms with Gasteiger partial charge in [0.15, 0.2) is 0 Å². The van der Waals surface area contributed by atoms with E-state index in [0.29, 0.717) is 6.04 Å². The lowest BCUT2D eigenvalue weighted by Gasteiger charge is -2.41. The molecule has 0 amide bonds. The minimum Gasteiger partial charge on any atom is -0.315 e. The molecule has 21 heavy (non-hydrogen) atoms. The van der Waals surface area contributed by atoms with E-state index >= 15 is 0 Å². The number of nitrogens with zero attached hydrogens (tertiary/aromatic N) is 2. The van der Waals surface area contributed by atoms with E-state index < -0.39 is 0 Å². The van der Waals surface area contributed by atoms with Gasteiger partial charge in [-0.15, -0.1) is 0 Å². The Balaban J connectivity index is 1.45. The van der Waals surface area contributed by atoms with Crippen molar-refractivity contribution in [2.75, 3.05) is 45.8 Å². The Labute approximate surface area is 131 Å². The Morgan fingerprint density at radius 3 is 2.29 bits per heavy atom. The second-order valence-electron chi connectivity index (χ2n) is 7.56. The lowest BCUT2D eigenvalue weighted by molar-refractivity contribution is 0.119. The quantitative estimate of drug-likeness (QED) is 0.663. The van der Waals surface area contributed by atoms with E-state index in [1.807, 2.05) is 0 Å². The maximum absolute atomic E-state index is 3.67. The molecule has 2 N–H and O–H groups in total. The summed E-state index contributed by atoms with van der Waals surface area (Å²) in [6.45, 7) is 17.7. The molecule has 0 aromatic carbocycles. The molecule has 0 aromatic rings. The van der Waals surface area contributed by atoms with Gasteiger partial charge in [-0.3, -0.25) is 4.90 Å². The number of piperidine rings is 1. The largest absolute Gasteiger partial charge is 0.315 e. The van der Waals surface area contributed by atoms with Crippen LogP contribution in [0.25, 0.3) is 0 Å². The van der Waals surface area contributed by atoms with E-state index in [-0.39, 0.29) is 0 Å². The molecule has 2 aliphatic heterocycles. The minimum absolute atomic E-state index is 0.618. The highest BCUT2D eigenvalue weighted by molar-refractivity contribution is 4.87. The van der Waals surface area contributed by atoms with Gasteiger partial charge in [-0.2, -0.15) is 0 Å². The third kappa shape index (κ3) is 5.85. The monoisotopic (exact) mass is 296 g/mol. The molecule has 0 saturated carbocycles. The van der Waals surface area contributed by atoms with Gasteiger partial charge in [0, 0.05) is 44.3 Å².